The summed E-state index contributed by atoms with van der Waals surface area (Å²) in [7, 11) is -3.71. The molecule has 2 heterocycles. The average Bonchev–Trinajstić information content (AvgIpc) is 2.45. The quantitative estimate of drug-likeness (QED) is 0.698. The van der Waals surface area contributed by atoms with Gasteiger partial charge in [-0.2, -0.15) is 0 Å². The number of hydrogen-bond donors (Lipinski definition) is 1. The summed E-state index contributed by atoms with van der Waals surface area (Å²) in [5, 5.41) is -0.851. The highest BCUT2D eigenvalue weighted by Crippen LogP contribution is 2.26. The Hall–Kier alpha value is -2.39. The van der Waals surface area contributed by atoms with Gasteiger partial charge in [-0.05, 0) is 6.07 Å². The number of H-pyrrole nitrogens is 1. The number of nitrogens with one attached hydrogen (secondary N) is 1. The Morgan fingerprint density at radius 3 is 2.58 bits per heavy atom. The zero-order chi connectivity index (χ0) is 17.6. The van der Waals surface area contributed by atoms with Crippen LogP contribution in [0.2, 0.25) is 5.02 Å². The largest absolute Gasteiger partial charge is 0.353 e. The van der Waals surface area contributed by atoms with Crippen LogP contribution in [-0.4, -0.2) is 29.6 Å². The number of benzene rings is 1. The van der Waals surface area contributed by atoms with Crippen molar-refractivity contribution in [2.24, 2.45) is 0 Å². The third-order valence-corrected chi connectivity index (χ3v) is 4.29. The van der Waals surface area contributed by atoms with E-state index in [9.17, 15) is 22.0 Å². The number of hydrogen-bond acceptors (Lipinski definition) is 5. The van der Waals surface area contributed by atoms with E-state index in [-0.39, 0.29) is 27.3 Å². The zero-order valence-electron chi connectivity index (χ0n) is 12.0. The molecule has 24 heavy (non-hydrogen) atoms. The lowest BCUT2D eigenvalue weighted by Gasteiger charge is -2.07. The summed E-state index contributed by atoms with van der Waals surface area (Å²) in [6.07, 6.45) is 1.98. The molecular formula is C14H8ClF2N3O3S. The highest BCUT2D eigenvalue weighted by molar-refractivity contribution is 7.90. The van der Waals surface area contributed by atoms with Gasteiger partial charge < -0.3 is 4.98 Å². The Labute approximate surface area is 139 Å². The smallest absolute Gasteiger partial charge is 0.247 e. The fourth-order valence-corrected chi connectivity index (χ4v) is 2.85. The summed E-state index contributed by atoms with van der Waals surface area (Å²) in [4.78, 5) is 22.2. The van der Waals surface area contributed by atoms with Gasteiger partial charge in [-0.15, -0.1) is 0 Å². The van der Waals surface area contributed by atoms with Crippen molar-refractivity contribution in [3.8, 4) is 11.4 Å². The van der Waals surface area contributed by atoms with E-state index in [0.717, 1.165) is 24.6 Å². The topological polar surface area (TPSA) is 92.8 Å². The number of nitrogens with zero attached hydrogens (tertiary/aromatic N) is 2. The summed E-state index contributed by atoms with van der Waals surface area (Å²) in [6, 6.07) is 2.54. The third kappa shape index (κ3) is 2.87. The van der Waals surface area contributed by atoms with Gasteiger partial charge in [-0.3, -0.25) is 4.79 Å². The van der Waals surface area contributed by atoms with E-state index >= 15 is 0 Å². The van der Waals surface area contributed by atoms with Gasteiger partial charge in [0.15, 0.2) is 5.43 Å². The lowest BCUT2D eigenvalue weighted by Crippen LogP contribution is -2.09. The molecule has 0 unspecified atom stereocenters. The minimum Gasteiger partial charge on any atom is -0.353 e. The van der Waals surface area contributed by atoms with Gasteiger partial charge >= 0.3 is 0 Å². The number of halogens is 3. The van der Waals surface area contributed by atoms with Gasteiger partial charge in [0, 0.05) is 18.4 Å². The van der Waals surface area contributed by atoms with Crippen LogP contribution in [0.3, 0.4) is 0 Å². The molecule has 0 spiro atoms. The Kier molecular flexibility index (Phi) is 3.84. The molecule has 0 aliphatic heterocycles. The predicted molar refractivity (Wildman–Crippen MR) is 83.6 cm³/mol. The van der Waals surface area contributed by atoms with E-state index in [2.05, 4.69) is 15.0 Å². The lowest BCUT2D eigenvalue weighted by molar-refractivity contribution is 0.591. The number of aromatic amines is 1. The van der Waals surface area contributed by atoms with Gasteiger partial charge in [0.05, 0.1) is 27.8 Å². The van der Waals surface area contributed by atoms with Crippen LogP contribution in [0.4, 0.5) is 8.78 Å². The summed E-state index contributed by atoms with van der Waals surface area (Å²) in [5.74, 6) is -1.89. The Morgan fingerprint density at radius 2 is 1.92 bits per heavy atom. The molecule has 0 saturated heterocycles. The zero-order valence-corrected chi connectivity index (χ0v) is 13.5. The lowest BCUT2D eigenvalue weighted by atomic mass is 10.1. The van der Waals surface area contributed by atoms with Crippen LogP contribution < -0.4 is 5.43 Å². The molecule has 3 rings (SSSR count). The van der Waals surface area contributed by atoms with Crippen molar-refractivity contribution >= 4 is 32.3 Å². The van der Waals surface area contributed by atoms with Crippen molar-refractivity contribution in [2.75, 3.05) is 6.26 Å². The number of sulfone groups is 1. The van der Waals surface area contributed by atoms with E-state index < -0.39 is 32.1 Å². The normalized spacial score (nSPS) is 11.8. The monoisotopic (exact) mass is 371 g/mol. The van der Waals surface area contributed by atoms with Gasteiger partial charge in [-0.25, -0.2) is 27.2 Å². The van der Waals surface area contributed by atoms with Crippen LogP contribution in [0, 0.1) is 11.6 Å². The van der Waals surface area contributed by atoms with Crippen molar-refractivity contribution in [1.29, 1.82) is 0 Å². The molecule has 2 aromatic heterocycles. The second-order valence-electron chi connectivity index (χ2n) is 4.98. The first-order valence-corrected chi connectivity index (χ1v) is 8.69. The van der Waals surface area contributed by atoms with Crippen LogP contribution in [-0.2, 0) is 9.84 Å². The highest BCUT2D eigenvalue weighted by atomic mass is 35.5. The highest BCUT2D eigenvalue weighted by Gasteiger charge is 2.17. The maximum absolute atomic E-state index is 13.8. The van der Waals surface area contributed by atoms with E-state index in [1.807, 2.05) is 0 Å². The minimum absolute atomic E-state index is 0.00907. The first-order valence-electron chi connectivity index (χ1n) is 6.42. The number of aromatic nitrogens is 3. The van der Waals surface area contributed by atoms with Gasteiger partial charge in [0.25, 0.3) is 0 Å². The summed E-state index contributed by atoms with van der Waals surface area (Å²) in [6.45, 7) is 0. The maximum Gasteiger partial charge on any atom is 0.247 e. The van der Waals surface area contributed by atoms with Crippen molar-refractivity contribution < 1.29 is 17.2 Å². The molecule has 6 nitrogen and oxygen atoms in total. The Morgan fingerprint density at radius 1 is 1.21 bits per heavy atom. The number of fused-ring (bicyclic) bond motifs is 1. The average molecular weight is 372 g/mol. The maximum atomic E-state index is 13.8. The van der Waals surface area contributed by atoms with Gasteiger partial charge in [-0.1, -0.05) is 11.6 Å². The van der Waals surface area contributed by atoms with Crippen LogP contribution in [0.5, 0.6) is 0 Å². The molecule has 1 N–H and O–H groups in total. The van der Waals surface area contributed by atoms with Crippen molar-refractivity contribution in [3.63, 3.8) is 0 Å². The van der Waals surface area contributed by atoms with Crippen molar-refractivity contribution in [2.45, 2.75) is 5.16 Å². The summed E-state index contributed by atoms with van der Waals surface area (Å²) in [5.41, 5.74) is -0.900. The van der Waals surface area contributed by atoms with Crippen LogP contribution in [0.15, 0.2) is 34.3 Å². The van der Waals surface area contributed by atoms with Crippen LogP contribution >= 0.6 is 11.6 Å². The van der Waals surface area contributed by atoms with Gasteiger partial charge in [0.2, 0.25) is 15.0 Å². The summed E-state index contributed by atoms with van der Waals surface area (Å²) < 4.78 is 50.2. The molecule has 0 aliphatic carbocycles. The standard InChI is InChI=1S/C14H8ClF2N3O3S/c1-24(22,23)14-18-5-7(15)13(20-14)10-4-11(21)12-8(17)2-6(16)3-9(12)19-10/h2-5H,1H3,(H,19,21). The Balaban J connectivity index is 2.33. The predicted octanol–water partition coefficient (Wildman–Crippen LogP) is 2.32. The SMILES string of the molecule is CS(=O)(=O)c1ncc(Cl)c(-c2cc(=O)c3c(F)cc(F)cc3[nH]2)n1. The molecule has 124 valence electrons. The van der Waals surface area contributed by atoms with E-state index in [1.165, 1.54) is 0 Å². The van der Waals surface area contributed by atoms with Crippen molar-refractivity contribution in [3.05, 3.63) is 51.3 Å². The molecule has 0 amide bonds. The molecule has 0 saturated carbocycles. The molecule has 3 aromatic rings. The molecule has 10 heteroatoms. The molecule has 0 aliphatic rings. The fourth-order valence-electron chi connectivity index (χ4n) is 2.15. The molecule has 0 fully saturated rings. The molecule has 0 bridgehead atoms. The van der Waals surface area contributed by atoms with E-state index in [0.29, 0.717) is 6.07 Å². The van der Waals surface area contributed by atoms with Gasteiger partial charge in [0.1, 0.15) is 17.3 Å². The van der Waals surface area contributed by atoms with Crippen LogP contribution in [0.1, 0.15) is 0 Å². The third-order valence-electron chi connectivity index (χ3n) is 3.15. The molecule has 0 radical (unpaired) electrons. The molecule has 1 aromatic carbocycles. The van der Waals surface area contributed by atoms with Crippen molar-refractivity contribution in [1.82, 2.24) is 15.0 Å². The van der Waals surface area contributed by atoms with E-state index in [4.69, 9.17) is 11.6 Å². The summed E-state index contributed by atoms with van der Waals surface area (Å²) >= 11 is 5.96. The second-order valence-corrected chi connectivity index (χ2v) is 7.30. The second kappa shape index (κ2) is 5.60. The number of pyridine rings is 1. The Bertz CT molecular complexity index is 1150. The minimum atomic E-state index is -3.71. The fraction of sp³-hybridized carbons (Fsp3) is 0.0714. The molecular weight excluding hydrogens is 364 g/mol. The van der Waals surface area contributed by atoms with E-state index in [1.54, 1.807) is 0 Å². The first kappa shape index (κ1) is 16.5. The first-order chi connectivity index (χ1) is 11.2. The number of rotatable bonds is 2. The van der Waals surface area contributed by atoms with Crippen LogP contribution in [0.25, 0.3) is 22.3 Å². The molecule has 0 atom stereocenters.